The van der Waals surface area contributed by atoms with Gasteiger partial charge in [0.25, 0.3) is 0 Å². The Balaban J connectivity index is 1.91. The molecular weight excluding hydrogens is 188 g/mol. The highest BCUT2D eigenvalue weighted by atomic mass is 16.7. The van der Waals surface area contributed by atoms with Gasteiger partial charge < -0.3 is 9.47 Å². The van der Waals surface area contributed by atoms with Crippen LogP contribution in [0.2, 0.25) is 0 Å². The second kappa shape index (κ2) is 3.31. The summed E-state index contributed by atoms with van der Waals surface area (Å²) >= 11 is 0. The molecule has 1 radical (unpaired) electrons. The van der Waals surface area contributed by atoms with E-state index in [1.54, 1.807) is 0 Å². The number of para-hydroxylation sites is 2. The summed E-state index contributed by atoms with van der Waals surface area (Å²) in [7, 11) is 0. The smallest absolute Gasteiger partial charge is 0.363 e. The molecule has 0 saturated carbocycles. The van der Waals surface area contributed by atoms with Crippen LogP contribution in [0.4, 0.5) is 0 Å². The summed E-state index contributed by atoms with van der Waals surface area (Å²) < 4.78 is 11.2. The van der Waals surface area contributed by atoms with Crippen LogP contribution in [0.25, 0.3) is 0 Å². The van der Waals surface area contributed by atoms with Crippen molar-refractivity contribution in [1.29, 1.82) is 0 Å². The average Bonchev–Trinajstić information content (AvgIpc) is 2.74. The molecule has 1 heterocycles. The maximum Gasteiger partial charge on any atom is 0.363 e. The number of ether oxygens (including phenoxy) is 2. The first kappa shape index (κ1) is 8.36. The molecule has 2 heteroatoms. The number of fused-ring (bicyclic) bond motifs is 1. The fourth-order valence-electron chi connectivity index (χ4n) is 1.53. The maximum absolute atomic E-state index is 5.59. The van der Waals surface area contributed by atoms with Crippen molar-refractivity contribution in [3.8, 4) is 11.5 Å². The monoisotopic (exact) mass is 197 g/mol. The normalized spacial score (nSPS) is 14.1. The lowest BCUT2D eigenvalue weighted by molar-refractivity contribution is 0.204. The third-order valence-corrected chi connectivity index (χ3v) is 2.26. The third-order valence-electron chi connectivity index (χ3n) is 2.26. The quantitative estimate of drug-likeness (QED) is 0.699. The molecule has 3 rings (SSSR count). The summed E-state index contributed by atoms with van der Waals surface area (Å²) in [5, 5.41) is 0. The highest BCUT2D eigenvalue weighted by molar-refractivity contribution is 5.46. The van der Waals surface area contributed by atoms with Crippen LogP contribution in [0.3, 0.4) is 0 Å². The molecule has 2 nitrogen and oxygen atoms in total. The van der Waals surface area contributed by atoms with Crippen molar-refractivity contribution < 1.29 is 9.47 Å². The van der Waals surface area contributed by atoms with E-state index in [0.29, 0.717) is 6.29 Å². The summed E-state index contributed by atoms with van der Waals surface area (Å²) in [4.78, 5) is 0. The number of hydrogen-bond acceptors (Lipinski definition) is 2. The van der Waals surface area contributed by atoms with Crippen LogP contribution in [-0.4, -0.2) is 0 Å². The Hall–Kier alpha value is -1.96. The Morgan fingerprint density at radius 1 is 0.600 bits per heavy atom. The van der Waals surface area contributed by atoms with E-state index in [4.69, 9.17) is 9.47 Å². The average molecular weight is 197 g/mol. The number of rotatable bonds is 1. The first-order valence-corrected chi connectivity index (χ1v) is 4.80. The second-order valence-electron chi connectivity index (χ2n) is 3.30. The highest BCUT2D eigenvalue weighted by Crippen LogP contribution is 2.39. The van der Waals surface area contributed by atoms with E-state index in [9.17, 15) is 0 Å². The largest absolute Gasteiger partial charge is 0.438 e. The van der Waals surface area contributed by atoms with Crippen LogP contribution in [0.15, 0.2) is 54.6 Å². The van der Waals surface area contributed by atoms with Gasteiger partial charge in [0, 0.05) is 5.56 Å². The topological polar surface area (TPSA) is 18.5 Å². The van der Waals surface area contributed by atoms with Gasteiger partial charge in [0.15, 0.2) is 11.5 Å². The third kappa shape index (κ3) is 1.44. The molecule has 0 aromatic heterocycles. The van der Waals surface area contributed by atoms with E-state index < -0.39 is 0 Å². The lowest BCUT2D eigenvalue weighted by Gasteiger charge is -2.06. The maximum atomic E-state index is 5.59. The Morgan fingerprint density at radius 2 is 1.13 bits per heavy atom. The molecule has 0 aliphatic carbocycles. The minimum absolute atomic E-state index is 0.553. The van der Waals surface area contributed by atoms with Gasteiger partial charge in [-0.05, 0) is 12.1 Å². The van der Waals surface area contributed by atoms with E-state index in [1.807, 2.05) is 54.6 Å². The highest BCUT2D eigenvalue weighted by Gasteiger charge is 2.27. The lowest BCUT2D eigenvalue weighted by Crippen LogP contribution is -2.08. The molecule has 0 atom stereocenters. The molecular formula is C13H9O2. The number of benzene rings is 2. The Labute approximate surface area is 88.1 Å². The molecule has 15 heavy (non-hydrogen) atoms. The van der Waals surface area contributed by atoms with Gasteiger partial charge in [-0.25, -0.2) is 0 Å². The molecule has 0 N–H and O–H groups in total. The Morgan fingerprint density at radius 3 is 1.73 bits per heavy atom. The van der Waals surface area contributed by atoms with Crippen LogP contribution in [0.1, 0.15) is 5.56 Å². The van der Waals surface area contributed by atoms with Gasteiger partial charge in [-0.1, -0.05) is 42.5 Å². The molecule has 0 saturated heterocycles. The van der Waals surface area contributed by atoms with Gasteiger partial charge in [0.05, 0.1) is 0 Å². The molecule has 73 valence electrons. The van der Waals surface area contributed by atoms with Crippen molar-refractivity contribution in [2.24, 2.45) is 0 Å². The van der Waals surface area contributed by atoms with Crippen molar-refractivity contribution >= 4 is 0 Å². The zero-order chi connectivity index (χ0) is 10.1. The molecule has 2 aromatic rings. The summed E-state index contributed by atoms with van der Waals surface area (Å²) in [6, 6.07) is 17.4. The molecule has 0 amide bonds. The van der Waals surface area contributed by atoms with Crippen LogP contribution >= 0.6 is 0 Å². The summed E-state index contributed by atoms with van der Waals surface area (Å²) in [6.45, 7) is 0. The molecule has 0 fully saturated rings. The SMILES string of the molecule is c1ccc([C]2Oc3ccccc3O2)cc1. The lowest BCUT2D eigenvalue weighted by atomic mass is 10.2. The molecule has 0 bridgehead atoms. The summed E-state index contributed by atoms with van der Waals surface area (Å²) in [5.41, 5.74) is 0.953. The van der Waals surface area contributed by atoms with Gasteiger partial charge in [-0.3, -0.25) is 0 Å². The van der Waals surface area contributed by atoms with Crippen molar-refractivity contribution in [2.45, 2.75) is 0 Å². The van der Waals surface area contributed by atoms with Gasteiger partial charge in [-0.2, -0.15) is 0 Å². The van der Waals surface area contributed by atoms with Crippen molar-refractivity contribution in [3.05, 3.63) is 66.5 Å². The van der Waals surface area contributed by atoms with E-state index in [1.165, 1.54) is 0 Å². The van der Waals surface area contributed by atoms with Gasteiger partial charge in [0.1, 0.15) is 0 Å². The van der Waals surface area contributed by atoms with Crippen molar-refractivity contribution in [3.63, 3.8) is 0 Å². The molecule has 1 aliphatic rings. The zero-order valence-corrected chi connectivity index (χ0v) is 8.01. The van der Waals surface area contributed by atoms with Crippen molar-refractivity contribution in [2.75, 3.05) is 0 Å². The standard InChI is InChI=1S/C13H9O2/c1-2-6-10(7-3-1)13-14-11-8-4-5-9-12(11)15-13/h1-9H. The molecule has 1 aliphatic heterocycles. The van der Waals surface area contributed by atoms with E-state index >= 15 is 0 Å². The summed E-state index contributed by atoms with van der Waals surface area (Å²) in [6.07, 6.45) is 0.553. The Bertz CT molecular complexity index is 440. The fourth-order valence-corrected chi connectivity index (χ4v) is 1.53. The molecule has 2 aromatic carbocycles. The minimum atomic E-state index is 0.553. The van der Waals surface area contributed by atoms with Crippen LogP contribution < -0.4 is 9.47 Å². The molecule has 0 spiro atoms. The van der Waals surface area contributed by atoms with Gasteiger partial charge in [0.2, 0.25) is 0 Å². The Kier molecular flexibility index (Phi) is 1.85. The predicted octanol–water partition coefficient (Wildman–Crippen LogP) is 3.00. The van der Waals surface area contributed by atoms with E-state index in [-0.39, 0.29) is 0 Å². The minimum Gasteiger partial charge on any atom is -0.438 e. The summed E-state index contributed by atoms with van der Waals surface area (Å²) in [5.74, 6) is 1.55. The van der Waals surface area contributed by atoms with Gasteiger partial charge in [-0.15, -0.1) is 0 Å². The van der Waals surface area contributed by atoms with E-state index in [2.05, 4.69) is 0 Å². The van der Waals surface area contributed by atoms with Crippen LogP contribution in [0, 0.1) is 6.29 Å². The van der Waals surface area contributed by atoms with Crippen LogP contribution in [-0.2, 0) is 0 Å². The number of hydrogen-bond donors (Lipinski definition) is 0. The van der Waals surface area contributed by atoms with Crippen molar-refractivity contribution in [1.82, 2.24) is 0 Å². The first-order chi connectivity index (χ1) is 7.43. The fraction of sp³-hybridized carbons (Fsp3) is 0. The first-order valence-electron chi connectivity index (χ1n) is 4.80. The van der Waals surface area contributed by atoms with Gasteiger partial charge >= 0.3 is 6.29 Å². The van der Waals surface area contributed by atoms with E-state index in [0.717, 1.165) is 17.1 Å². The predicted molar refractivity (Wildman–Crippen MR) is 56.5 cm³/mol. The zero-order valence-electron chi connectivity index (χ0n) is 8.01. The molecule has 0 unspecified atom stereocenters. The second-order valence-corrected chi connectivity index (χ2v) is 3.30. The van der Waals surface area contributed by atoms with Crippen LogP contribution in [0.5, 0.6) is 11.5 Å².